The minimum atomic E-state index is -1.48. The van der Waals surface area contributed by atoms with E-state index in [0.29, 0.717) is 34.0 Å². The second kappa shape index (κ2) is 7.58. The predicted octanol–water partition coefficient (Wildman–Crippen LogP) is 5.31. The smallest absolute Gasteiger partial charge is 0.258 e. The molecule has 3 rings (SSSR count). The molecule has 3 nitrogen and oxygen atoms in total. The SMILES string of the molecule is COc1c(F)c(F)cc(C(=O)N2CCSC2c2ccc(Cl)cc2Cl)c1F. The van der Waals surface area contributed by atoms with Gasteiger partial charge in [-0.25, -0.2) is 8.78 Å². The van der Waals surface area contributed by atoms with Crippen molar-refractivity contribution in [3.05, 3.63) is 62.9 Å². The number of benzene rings is 2. The first-order valence-corrected chi connectivity index (χ1v) is 9.24. The van der Waals surface area contributed by atoms with E-state index in [9.17, 15) is 18.0 Å². The zero-order chi connectivity index (χ0) is 19.0. The van der Waals surface area contributed by atoms with Crippen molar-refractivity contribution >= 4 is 40.9 Å². The third kappa shape index (κ3) is 3.35. The van der Waals surface area contributed by atoms with Gasteiger partial charge < -0.3 is 9.64 Å². The number of methoxy groups -OCH3 is 1. The van der Waals surface area contributed by atoms with Crippen molar-refractivity contribution in [1.82, 2.24) is 4.90 Å². The van der Waals surface area contributed by atoms with Gasteiger partial charge in [-0.3, -0.25) is 4.79 Å². The number of carbonyl (C=O) groups excluding carboxylic acids is 1. The highest BCUT2D eigenvalue weighted by atomic mass is 35.5. The average Bonchev–Trinajstić information content (AvgIpc) is 3.07. The van der Waals surface area contributed by atoms with Gasteiger partial charge in [0.15, 0.2) is 17.4 Å². The number of amides is 1. The Balaban J connectivity index is 2.00. The Labute approximate surface area is 162 Å². The summed E-state index contributed by atoms with van der Waals surface area (Å²) < 4.78 is 46.4. The van der Waals surface area contributed by atoms with E-state index in [-0.39, 0.29) is 0 Å². The van der Waals surface area contributed by atoms with Gasteiger partial charge in [-0.2, -0.15) is 4.39 Å². The van der Waals surface area contributed by atoms with Crippen molar-refractivity contribution in [3.8, 4) is 5.75 Å². The summed E-state index contributed by atoms with van der Waals surface area (Å²) >= 11 is 13.5. The molecule has 0 spiro atoms. The van der Waals surface area contributed by atoms with E-state index in [0.717, 1.165) is 7.11 Å². The predicted molar refractivity (Wildman–Crippen MR) is 95.6 cm³/mol. The lowest BCUT2D eigenvalue weighted by Gasteiger charge is -2.25. The highest BCUT2D eigenvalue weighted by Crippen LogP contribution is 2.42. The van der Waals surface area contributed by atoms with Crippen molar-refractivity contribution in [2.45, 2.75) is 5.37 Å². The third-order valence-corrected chi connectivity index (χ3v) is 5.74. The fraction of sp³-hybridized carbons (Fsp3) is 0.235. The number of ether oxygens (including phenoxy) is 1. The van der Waals surface area contributed by atoms with E-state index in [2.05, 4.69) is 4.74 Å². The lowest BCUT2D eigenvalue weighted by Crippen LogP contribution is -2.31. The lowest BCUT2D eigenvalue weighted by molar-refractivity contribution is 0.0754. The number of carbonyl (C=O) groups is 1. The molecule has 1 aliphatic heterocycles. The van der Waals surface area contributed by atoms with Gasteiger partial charge in [-0.05, 0) is 18.2 Å². The molecule has 0 aromatic heterocycles. The molecule has 1 heterocycles. The second-order valence-electron chi connectivity index (χ2n) is 5.45. The van der Waals surface area contributed by atoms with Crippen LogP contribution in [0.5, 0.6) is 5.75 Å². The van der Waals surface area contributed by atoms with Crippen LogP contribution in [0.2, 0.25) is 10.0 Å². The first-order chi connectivity index (χ1) is 12.3. The fourth-order valence-corrected chi connectivity index (χ4v) is 4.58. The van der Waals surface area contributed by atoms with Gasteiger partial charge in [0, 0.05) is 27.9 Å². The average molecular weight is 422 g/mol. The van der Waals surface area contributed by atoms with Crippen molar-refractivity contribution < 1.29 is 22.7 Å². The van der Waals surface area contributed by atoms with Crippen LogP contribution in [0, 0.1) is 17.5 Å². The molecule has 2 aromatic rings. The molecule has 1 unspecified atom stereocenters. The van der Waals surface area contributed by atoms with Crippen molar-refractivity contribution in [3.63, 3.8) is 0 Å². The van der Waals surface area contributed by atoms with E-state index in [1.807, 2.05) is 0 Å². The first-order valence-electron chi connectivity index (χ1n) is 7.44. The summed E-state index contributed by atoms with van der Waals surface area (Å²) in [7, 11) is 0.997. The quantitative estimate of drug-likeness (QED) is 0.629. The molecule has 2 aromatic carbocycles. The van der Waals surface area contributed by atoms with E-state index in [4.69, 9.17) is 23.2 Å². The van der Waals surface area contributed by atoms with Gasteiger partial charge in [0.05, 0.1) is 12.7 Å². The lowest BCUT2D eigenvalue weighted by atomic mass is 10.1. The van der Waals surface area contributed by atoms with E-state index < -0.39 is 40.0 Å². The zero-order valence-corrected chi connectivity index (χ0v) is 15.7. The number of rotatable bonds is 3. The van der Waals surface area contributed by atoms with Crippen molar-refractivity contribution in [1.29, 1.82) is 0 Å². The largest absolute Gasteiger partial charge is 0.491 e. The van der Waals surface area contributed by atoms with Crippen LogP contribution < -0.4 is 4.74 Å². The van der Waals surface area contributed by atoms with Crippen LogP contribution in [0.4, 0.5) is 13.2 Å². The van der Waals surface area contributed by atoms with Gasteiger partial charge in [0.2, 0.25) is 5.82 Å². The fourth-order valence-electron chi connectivity index (χ4n) is 2.71. The maximum absolute atomic E-state index is 14.4. The highest BCUT2D eigenvalue weighted by Gasteiger charge is 2.35. The highest BCUT2D eigenvalue weighted by molar-refractivity contribution is 7.99. The van der Waals surface area contributed by atoms with Crippen LogP contribution in [0.15, 0.2) is 24.3 Å². The van der Waals surface area contributed by atoms with Gasteiger partial charge in [-0.1, -0.05) is 29.3 Å². The maximum Gasteiger partial charge on any atom is 0.258 e. The summed E-state index contributed by atoms with van der Waals surface area (Å²) in [6, 6.07) is 5.39. The van der Waals surface area contributed by atoms with Crippen LogP contribution in [0.3, 0.4) is 0 Å². The Hall–Kier alpha value is -1.57. The topological polar surface area (TPSA) is 29.5 Å². The maximum atomic E-state index is 14.4. The molecule has 9 heteroatoms. The molecule has 1 fully saturated rings. The summed E-state index contributed by atoms with van der Waals surface area (Å²) in [5.41, 5.74) is 0.0280. The van der Waals surface area contributed by atoms with Crippen LogP contribution in [0.1, 0.15) is 21.3 Å². The molecule has 0 saturated carbocycles. The monoisotopic (exact) mass is 421 g/mol. The Morgan fingerprint density at radius 2 is 1.96 bits per heavy atom. The van der Waals surface area contributed by atoms with Gasteiger partial charge in [0.25, 0.3) is 5.91 Å². The van der Waals surface area contributed by atoms with E-state index in [1.54, 1.807) is 18.2 Å². The molecule has 26 heavy (non-hydrogen) atoms. The van der Waals surface area contributed by atoms with Gasteiger partial charge in [0.1, 0.15) is 5.37 Å². The summed E-state index contributed by atoms with van der Waals surface area (Å²) in [6.07, 6.45) is 0. The molecule has 1 amide bonds. The minimum Gasteiger partial charge on any atom is -0.491 e. The molecular formula is C17H12Cl2F3NO2S. The standard InChI is InChI=1S/C17H12Cl2F3NO2S/c1-25-15-13(21)10(7-12(20)14(15)22)16(24)23-4-5-26-17(23)9-3-2-8(18)6-11(9)19/h2-3,6-7,17H,4-5H2,1H3. The Morgan fingerprint density at radius 3 is 2.62 bits per heavy atom. The van der Waals surface area contributed by atoms with Crippen LogP contribution in [-0.2, 0) is 0 Å². The van der Waals surface area contributed by atoms with Crippen molar-refractivity contribution in [2.24, 2.45) is 0 Å². The molecule has 0 radical (unpaired) electrons. The van der Waals surface area contributed by atoms with E-state index in [1.165, 1.54) is 16.7 Å². The van der Waals surface area contributed by atoms with E-state index >= 15 is 0 Å². The molecule has 138 valence electrons. The molecule has 0 N–H and O–H groups in total. The first kappa shape index (κ1) is 19.2. The molecular weight excluding hydrogens is 410 g/mol. The normalized spacial score (nSPS) is 16.8. The summed E-state index contributed by atoms with van der Waals surface area (Å²) in [5, 5.41) is 0.305. The minimum absolute atomic E-state index is 0.299. The number of nitrogens with zero attached hydrogens (tertiary/aromatic N) is 1. The number of hydrogen-bond donors (Lipinski definition) is 0. The Morgan fingerprint density at radius 1 is 1.23 bits per heavy atom. The molecule has 0 aliphatic carbocycles. The van der Waals surface area contributed by atoms with Gasteiger partial charge >= 0.3 is 0 Å². The van der Waals surface area contributed by atoms with Crippen LogP contribution in [0.25, 0.3) is 0 Å². The molecule has 1 saturated heterocycles. The number of thioether (sulfide) groups is 1. The van der Waals surface area contributed by atoms with Gasteiger partial charge in [-0.15, -0.1) is 11.8 Å². The Kier molecular flexibility index (Phi) is 5.60. The summed E-state index contributed by atoms with van der Waals surface area (Å²) in [6.45, 7) is 0.299. The number of halogens is 5. The summed E-state index contributed by atoms with van der Waals surface area (Å²) in [4.78, 5) is 14.2. The summed E-state index contributed by atoms with van der Waals surface area (Å²) in [5.74, 6) is -5.21. The second-order valence-corrected chi connectivity index (χ2v) is 7.49. The third-order valence-electron chi connectivity index (χ3n) is 3.93. The van der Waals surface area contributed by atoms with Crippen LogP contribution in [-0.4, -0.2) is 30.2 Å². The molecule has 0 bridgehead atoms. The van der Waals surface area contributed by atoms with Crippen LogP contribution >= 0.6 is 35.0 Å². The number of hydrogen-bond acceptors (Lipinski definition) is 3. The molecule has 1 aliphatic rings. The van der Waals surface area contributed by atoms with Crippen molar-refractivity contribution in [2.75, 3.05) is 19.4 Å². The molecule has 1 atom stereocenters. The Bertz CT molecular complexity index is 882. The zero-order valence-electron chi connectivity index (χ0n) is 13.4.